The average molecular weight is 287 g/mol. The van der Waals surface area contributed by atoms with Gasteiger partial charge in [-0.2, -0.15) is 0 Å². The summed E-state index contributed by atoms with van der Waals surface area (Å²) in [5.74, 6) is 2.79. The maximum absolute atomic E-state index is 5.54. The van der Waals surface area contributed by atoms with E-state index >= 15 is 0 Å². The zero-order valence-electron chi connectivity index (χ0n) is 13.0. The molecule has 114 valence electrons. The molecular formula is C17H25N3O. The molecule has 4 heteroatoms. The van der Waals surface area contributed by atoms with Crippen LogP contribution in [0.2, 0.25) is 0 Å². The molecule has 1 aromatic rings. The summed E-state index contributed by atoms with van der Waals surface area (Å²) < 4.78 is 5.54. The molecule has 1 heterocycles. The summed E-state index contributed by atoms with van der Waals surface area (Å²) >= 11 is 0. The third-order valence-electron chi connectivity index (χ3n) is 4.20. The molecule has 0 bridgehead atoms. The lowest BCUT2D eigenvalue weighted by molar-refractivity contribution is 0.357. The Kier molecular flexibility index (Phi) is 4.32. The molecule has 1 aromatic carbocycles. The SMILES string of the molecule is CCNC(=NCCc1ccc2c(c1)CCO2)NC1CC1C. The summed E-state index contributed by atoms with van der Waals surface area (Å²) in [5.41, 5.74) is 2.69. The minimum absolute atomic E-state index is 0.611. The van der Waals surface area contributed by atoms with Gasteiger partial charge in [0.05, 0.1) is 6.61 Å². The maximum Gasteiger partial charge on any atom is 0.191 e. The number of nitrogens with one attached hydrogen (secondary N) is 2. The van der Waals surface area contributed by atoms with Gasteiger partial charge in [-0.15, -0.1) is 0 Å². The highest BCUT2D eigenvalue weighted by Gasteiger charge is 2.33. The molecule has 4 nitrogen and oxygen atoms in total. The van der Waals surface area contributed by atoms with Gasteiger partial charge in [-0.1, -0.05) is 19.1 Å². The van der Waals surface area contributed by atoms with Gasteiger partial charge in [0.1, 0.15) is 5.75 Å². The fourth-order valence-corrected chi connectivity index (χ4v) is 2.71. The molecule has 2 aliphatic rings. The first-order valence-corrected chi connectivity index (χ1v) is 8.05. The number of ether oxygens (including phenoxy) is 1. The molecule has 3 rings (SSSR count). The average Bonchev–Trinajstić information content (AvgIpc) is 2.99. The fourth-order valence-electron chi connectivity index (χ4n) is 2.71. The van der Waals surface area contributed by atoms with E-state index in [2.05, 4.69) is 47.7 Å². The van der Waals surface area contributed by atoms with Crippen molar-refractivity contribution in [2.45, 2.75) is 39.2 Å². The van der Waals surface area contributed by atoms with Crippen molar-refractivity contribution >= 4 is 5.96 Å². The van der Waals surface area contributed by atoms with Gasteiger partial charge in [-0.05, 0) is 42.9 Å². The summed E-state index contributed by atoms with van der Waals surface area (Å²) in [6.07, 6.45) is 3.27. The van der Waals surface area contributed by atoms with Crippen LogP contribution in [0.15, 0.2) is 23.2 Å². The number of hydrogen-bond donors (Lipinski definition) is 2. The molecule has 1 saturated carbocycles. The molecule has 0 spiro atoms. The van der Waals surface area contributed by atoms with E-state index in [1.807, 2.05) is 0 Å². The standard InChI is InChI=1S/C17H25N3O/c1-3-18-17(20-15-10-12(15)2)19-8-6-13-4-5-16-14(11-13)7-9-21-16/h4-5,11-12,15H,3,6-10H2,1-2H3,(H2,18,19,20). The number of fused-ring (bicyclic) bond motifs is 1. The first kappa shape index (κ1) is 14.2. The molecule has 0 saturated heterocycles. The molecule has 1 aliphatic carbocycles. The van der Waals surface area contributed by atoms with Crippen molar-refractivity contribution < 1.29 is 4.74 Å². The molecule has 1 aliphatic heterocycles. The van der Waals surface area contributed by atoms with E-state index in [-0.39, 0.29) is 0 Å². The van der Waals surface area contributed by atoms with Crippen molar-refractivity contribution in [2.75, 3.05) is 19.7 Å². The smallest absolute Gasteiger partial charge is 0.191 e. The van der Waals surface area contributed by atoms with E-state index in [4.69, 9.17) is 4.74 Å². The van der Waals surface area contributed by atoms with Gasteiger partial charge in [-0.3, -0.25) is 4.99 Å². The molecule has 1 fully saturated rings. The zero-order valence-corrected chi connectivity index (χ0v) is 13.0. The molecule has 2 N–H and O–H groups in total. The van der Waals surface area contributed by atoms with E-state index in [1.165, 1.54) is 17.5 Å². The van der Waals surface area contributed by atoms with Gasteiger partial charge < -0.3 is 15.4 Å². The largest absolute Gasteiger partial charge is 0.493 e. The van der Waals surface area contributed by atoms with Gasteiger partial charge >= 0.3 is 0 Å². The Morgan fingerprint density at radius 3 is 3.05 bits per heavy atom. The molecule has 0 radical (unpaired) electrons. The number of nitrogens with zero attached hydrogens (tertiary/aromatic N) is 1. The van der Waals surface area contributed by atoms with Crippen LogP contribution in [0.5, 0.6) is 5.75 Å². The van der Waals surface area contributed by atoms with Gasteiger partial charge in [-0.25, -0.2) is 0 Å². The van der Waals surface area contributed by atoms with E-state index in [0.717, 1.165) is 50.2 Å². The molecule has 2 unspecified atom stereocenters. The normalized spacial score (nSPS) is 23.4. The Labute approximate surface area is 127 Å². The minimum Gasteiger partial charge on any atom is -0.493 e. The third kappa shape index (κ3) is 3.69. The lowest BCUT2D eigenvalue weighted by atomic mass is 10.1. The minimum atomic E-state index is 0.611. The van der Waals surface area contributed by atoms with Crippen LogP contribution in [0.3, 0.4) is 0 Å². The van der Waals surface area contributed by atoms with Crippen molar-refractivity contribution in [1.29, 1.82) is 0 Å². The predicted octanol–water partition coefficient (Wildman–Crippen LogP) is 2.13. The second-order valence-electron chi connectivity index (χ2n) is 6.02. The van der Waals surface area contributed by atoms with E-state index < -0.39 is 0 Å². The molecule has 0 aromatic heterocycles. The Balaban J connectivity index is 1.54. The van der Waals surface area contributed by atoms with Gasteiger partial charge in [0.2, 0.25) is 0 Å². The Morgan fingerprint density at radius 2 is 2.29 bits per heavy atom. The van der Waals surface area contributed by atoms with E-state index in [1.54, 1.807) is 0 Å². The second-order valence-corrected chi connectivity index (χ2v) is 6.02. The number of hydrogen-bond acceptors (Lipinski definition) is 2. The highest BCUT2D eigenvalue weighted by Crippen LogP contribution is 2.28. The third-order valence-corrected chi connectivity index (χ3v) is 4.20. The number of guanidine groups is 1. The summed E-state index contributed by atoms with van der Waals surface area (Å²) in [6, 6.07) is 7.13. The van der Waals surface area contributed by atoms with Crippen molar-refractivity contribution in [3.05, 3.63) is 29.3 Å². The molecule has 2 atom stereocenters. The van der Waals surface area contributed by atoms with E-state index in [0.29, 0.717) is 6.04 Å². The molecular weight excluding hydrogens is 262 g/mol. The van der Waals surface area contributed by atoms with Crippen LogP contribution in [0, 0.1) is 5.92 Å². The second kappa shape index (κ2) is 6.37. The Morgan fingerprint density at radius 1 is 1.43 bits per heavy atom. The summed E-state index contributed by atoms with van der Waals surface area (Å²) in [6.45, 7) is 6.92. The summed E-state index contributed by atoms with van der Waals surface area (Å²) in [7, 11) is 0. The molecule has 21 heavy (non-hydrogen) atoms. The first-order valence-electron chi connectivity index (χ1n) is 8.05. The van der Waals surface area contributed by atoms with Crippen LogP contribution in [0.4, 0.5) is 0 Å². The highest BCUT2D eigenvalue weighted by molar-refractivity contribution is 5.80. The van der Waals surface area contributed by atoms with Crippen LogP contribution in [-0.2, 0) is 12.8 Å². The van der Waals surface area contributed by atoms with Crippen molar-refractivity contribution in [2.24, 2.45) is 10.9 Å². The van der Waals surface area contributed by atoms with Gasteiger partial charge in [0.15, 0.2) is 5.96 Å². The van der Waals surface area contributed by atoms with Crippen molar-refractivity contribution in [3.63, 3.8) is 0 Å². The Hall–Kier alpha value is -1.71. The summed E-state index contributed by atoms with van der Waals surface area (Å²) in [5, 5.41) is 6.81. The quantitative estimate of drug-likeness (QED) is 0.644. The number of aliphatic imine (C=N–C) groups is 1. The Bertz CT molecular complexity index is 527. The first-order chi connectivity index (χ1) is 10.3. The van der Waals surface area contributed by atoms with Gasteiger partial charge in [0.25, 0.3) is 0 Å². The molecule has 0 amide bonds. The fraction of sp³-hybridized carbons (Fsp3) is 0.588. The van der Waals surface area contributed by atoms with Crippen LogP contribution >= 0.6 is 0 Å². The topological polar surface area (TPSA) is 45.7 Å². The lowest BCUT2D eigenvalue weighted by Gasteiger charge is -2.10. The van der Waals surface area contributed by atoms with Crippen molar-refractivity contribution in [1.82, 2.24) is 10.6 Å². The summed E-state index contributed by atoms with van der Waals surface area (Å²) in [4.78, 5) is 4.68. The maximum atomic E-state index is 5.54. The van der Waals surface area contributed by atoms with Crippen LogP contribution < -0.4 is 15.4 Å². The zero-order chi connectivity index (χ0) is 14.7. The van der Waals surface area contributed by atoms with Crippen LogP contribution in [0.25, 0.3) is 0 Å². The van der Waals surface area contributed by atoms with Gasteiger partial charge in [0, 0.05) is 25.6 Å². The lowest BCUT2D eigenvalue weighted by Crippen LogP contribution is -2.39. The van der Waals surface area contributed by atoms with Crippen LogP contribution in [-0.4, -0.2) is 31.7 Å². The monoisotopic (exact) mass is 287 g/mol. The predicted molar refractivity (Wildman–Crippen MR) is 86.0 cm³/mol. The van der Waals surface area contributed by atoms with Crippen LogP contribution in [0.1, 0.15) is 31.4 Å². The number of benzene rings is 1. The van der Waals surface area contributed by atoms with Crippen molar-refractivity contribution in [3.8, 4) is 5.75 Å². The number of rotatable bonds is 5. The van der Waals surface area contributed by atoms with E-state index in [9.17, 15) is 0 Å². The highest BCUT2D eigenvalue weighted by atomic mass is 16.5.